The monoisotopic (exact) mass is 397 g/mol. The third-order valence-corrected chi connectivity index (χ3v) is 4.94. The number of methoxy groups -OCH3 is 1. The molecule has 0 bridgehead atoms. The lowest BCUT2D eigenvalue weighted by atomic mass is 9.98. The van der Waals surface area contributed by atoms with Gasteiger partial charge in [-0.05, 0) is 81.1 Å². The van der Waals surface area contributed by atoms with Crippen LogP contribution in [-0.4, -0.2) is 31.2 Å². The van der Waals surface area contributed by atoms with Gasteiger partial charge in [-0.25, -0.2) is 4.79 Å². The number of hydrogen-bond acceptors (Lipinski definition) is 5. The van der Waals surface area contributed by atoms with Crippen LogP contribution in [0.2, 0.25) is 0 Å². The molecule has 0 spiro atoms. The first-order chi connectivity index (χ1) is 14.0. The smallest absolute Gasteiger partial charge is 0.347 e. The number of carbonyl (C=O) groups is 2. The number of anilines is 1. The Balaban J connectivity index is 1.51. The van der Waals surface area contributed by atoms with E-state index in [-0.39, 0.29) is 18.0 Å². The van der Waals surface area contributed by atoms with Crippen LogP contribution in [-0.2, 0) is 9.53 Å². The Hall–Kier alpha value is -3.02. The lowest BCUT2D eigenvalue weighted by Crippen LogP contribution is -2.31. The highest BCUT2D eigenvalue weighted by atomic mass is 16.6. The van der Waals surface area contributed by atoms with Gasteiger partial charge in [0.2, 0.25) is 0 Å². The molecule has 29 heavy (non-hydrogen) atoms. The molecule has 1 saturated carbocycles. The van der Waals surface area contributed by atoms with Gasteiger partial charge in [0.25, 0.3) is 5.91 Å². The van der Waals surface area contributed by atoms with E-state index in [0.29, 0.717) is 17.0 Å². The molecule has 0 aromatic heterocycles. The van der Waals surface area contributed by atoms with E-state index < -0.39 is 6.10 Å². The summed E-state index contributed by atoms with van der Waals surface area (Å²) in [4.78, 5) is 24.6. The molecular formula is C23H27NO5. The number of rotatable bonds is 7. The average Bonchev–Trinajstić information content (AvgIpc) is 2.75. The molecule has 154 valence electrons. The molecule has 0 radical (unpaired) electrons. The maximum absolute atomic E-state index is 12.4. The summed E-state index contributed by atoms with van der Waals surface area (Å²) >= 11 is 0. The van der Waals surface area contributed by atoms with Crippen molar-refractivity contribution in [1.82, 2.24) is 0 Å². The lowest BCUT2D eigenvalue weighted by Gasteiger charge is -2.23. The summed E-state index contributed by atoms with van der Waals surface area (Å²) in [5.74, 6) is 0.657. The second kappa shape index (κ2) is 9.96. The van der Waals surface area contributed by atoms with Crippen molar-refractivity contribution in [3.8, 4) is 11.5 Å². The van der Waals surface area contributed by atoms with Crippen LogP contribution in [0.1, 0.15) is 49.4 Å². The van der Waals surface area contributed by atoms with E-state index in [0.717, 1.165) is 31.4 Å². The van der Waals surface area contributed by atoms with E-state index in [1.165, 1.54) is 6.42 Å². The molecule has 0 heterocycles. The van der Waals surface area contributed by atoms with Crippen LogP contribution < -0.4 is 14.8 Å². The first-order valence-electron chi connectivity index (χ1n) is 9.98. The maximum Gasteiger partial charge on any atom is 0.347 e. The van der Waals surface area contributed by atoms with Crippen LogP contribution in [0.25, 0.3) is 0 Å². The highest BCUT2D eigenvalue weighted by molar-refractivity contribution is 6.04. The quantitative estimate of drug-likeness (QED) is 0.692. The Morgan fingerprint density at radius 2 is 1.55 bits per heavy atom. The van der Waals surface area contributed by atoms with E-state index >= 15 is 0 Å². The Labute approximate surface area is 171 Å². The number of hydrogen-bond donors (Lipinski definition) is 1. The highest BCUT2D eigenvalue weighted by Gasteiger charge is 2.23. The topological polar surface area (TPSA) is 73.9 Å². The molecule has 6 nitrogen and oxygen atoms in total. The van der Waals surface area contributed by atoms with Crippen LogP contribution in [0.4, 0.5) is 5.69 Å². The summed E-state index contributed by atoms with van der Waals surface area (Å²) in [5, 5.41) is 2.82. The molecule has 1 aliphatic rings. The standard InChI is InChI=1S/C23H27NO5/c1-16(23(26)29-20-6-4-3-5-7-20)28-21-12-8-17(9-13-21)22(25)24-18-10-14-19(27-2)15-11-18/h8-16,20H,3-7H2,1-2H3,(H,24,25)/t16-/m0/s1. The largest absolute Gasteiger partial charge is 0.497 e. The van der Waals surface area contributed by atoms with Crippen molar-refractivity contribution >= 4 is 17.6 Å². The molecule has 3 rings (SSSR count). The van der Waals surface area contributed by atoms with Crippen LogP contribution >= 0.6 is 0 Å². The second-order valence-electron chi connectivity index (χ2n) is 7.16. The first-order valence-corrected chi connectivity index (χ1v) is 9.98. The van der Waals surface area contributed by atoms with E-state index in [4.69, 9.17) is 14.2 Å². The second-order valence-corrected chi connectivity index (χ2v) is 7.16. The predicted octanol–water partition coefficient (Wildman–Crippen LogP) is 4.59. The van der Waals surface area contributed by atoms with E-state index in [1.807, 2.05) is 0 Å². The zero-order valence-corrected chi connectivity index (χ0v) is 16.9. The number of amides is 1. The SMILES string of the molecule is COc1ccc(NC(=O)c2ccc(O[C@@H](C)C(=O)OC3CCCCC3)cc2)cc1. The Morgan fingerprint density at radius 3 is 2.17 bits per heavy atom. The average molecular weight is 397 g/mol. The predicted molar refractivity (Wildman–Crippen MR) is 110 cm³/mol. The van der Waals surface area contributed by atoms with Gasteiger partial charge in [0.15, 0.2) is 6.10 Å². The molecule has 1 aliphatic carbocycles. The Morgan fingerprint density at radius 1 is 0.931 bits per heavy atom. The van der Waals surface area contributed by atoms with Crippen molar-refractivity contribution in [2.75, 3.05) is 12.4 Å². The van der Waals surface area contributed by atoms with Crippen molar-refractivity contribution in [2.45, 2.75) is 51.2 Å². The number of carbonyl (C=O) groups excluding carboxylic acids is 2. The molecule has 1 fully saturated rings. The van der Waals surface area contributed by atoms with Gasteiger partial charge in [-0.15, -0.1) is 0 Å². The minimum atomic E-state index is -0.698. The van der Waals surface area contributed by atoms with Crippen molar-refractivity contribution < 1.29 is 23.8 Å². The van der Waals surface area contributed by atoms with Gasteiger partial charge in [-0.1, -0.05) is 6.42 Å². The van der Waals surface area contributed by atoms with Crippen molar-refractivity contribution in [3.63, 3.8) is 0 Å². The van der Waals surface area contributed by atoms with Crippen LogP contribution in [0.15, 0.2) is 48.5 Å². The first kappa shape index (κ1) is 20.7. The molecule has 0 saturated heterocycles. The van der Waals surface area contributed by atoms with Gasteiger partial charge in [-0.3, -0.25) is 4.79 Å². The van der Waals surface area contributed by atoms with Gasteiger partial charge in [0, 0.05) is 11.3 Å². The normalized spacial score (nSPS) is 15.2. The van der Waals surface area contributed by atoms with Crippen molar-refractivity contribution in [1.29, 1.82) is 0 Å². The zero-order chi connectivity index (χ0) is 20.6. The third-order valence-electron chi connectivity index (χ3n) is 4.94. The number of nitrogens with one attached hydrogen (secondary N) is 1. The summed E-state index contributed by atoms with van der Waals surface area (Å²) in [7, 11) is 1.59. The van der Waals surface area contributed by atoms with Gasteiger partial charge >= 0.3 is 5.97 Å². The Bertz CT molecular complexity index is 810. The summed E-state index contributed by atoms with van der Waals surface area (Å²) in [5.41, 5.74) is 1.17. The molecular weight excluding hydrogens is 370 g/mol. The van der Waals surface area contributed by atoms with Crippen LogP contribution in [0.5, 0.6) is 11.5 Å². The van der Waals surface area contributed by atoms with Gasteiger partial charge in [0.05, 0.1) is 7.11 Å². The summed E-state index contributed by atoms with van der Waals surface area (Å²) in [6.07, 6.45) is 4.58. The third kappa shape index (κ3) is 5.98. The minimum absolute atomic E-state index is 0.00586. The maximum atomic E-state index is 12.4. The highest BCUT2D eigenvalue weighted by Crippen LogP contribution is 2.22. The summed E-state index contributed by atoms with van der Waals surface area (Å²) in [6, 6.07) is 13.8. The summed E-state index contributed by atoms with van der Waals surface area (Å²) < 4.78 is 16.3. The van der Waals surface area contributed by atoms with E-state index in [2.05, 4.69) is 5.32 Å². The summed E-state index contributed by atoms with van der Waals surface area (Å²) in [6.45, 7) is 1.68. The zero-order valence-electron chi connectivity index (χ0n) is 16.9. The molecule has 2 aromatic rings. The van der Waals surface area contributed by atoms with Crippen molar-refractivity contribution in [2.24, 2.45) is 0 Å². The van der Waals surface area contributed by atoms with Gasteiger partial charge in [0.1, 0.15) is 17.6 Å². The molecule has 6 heteroatoms. The number of ether oxygens (including phenoxy) is 3. The minimum Gasteiger partial charge on any atom is -0.497 e. The molecule has 2 aromatic carbocycles. The Kier molecular flexibility index (Phi) is 7.11. The lowest BCUT2D eigenvalue weighted by molar-refractivity contribution is -0.158. The van der Waals surface area contributed by atoms with Gasteiger partial charge in [-0.2, -0.15) is 0 Å². The molecule has 0 aliphatic heterocycles. The van der Waals surface area contributed by atoms with E-state index in [9.17, 15) is 9.59 Å². The fourth-order valence-corrected chi connectivity index (χ4v) is 3.26. The molecule has 1 N–H and O–H groups in total. The van der Waals surface area contributed by atoms with Crippen molar-refractivity contribution in [3.05, 3.63) is 54.1 Å². The fraction of sp³-hybridized carbons (Fsp3) is 0.391. The number of esters is 1. The molecule has 0 unspecified atom stereocenters. The molecule has 1 amide bonds. The molecule has 1 atom stereocenters. The number of benzene rings is 2. The van der Waals surface area contributed by atoms with Gasteiger partial charge < -0.3 is 19.5 Å². The van der Waals surface area contributed by atoms with Crippen LogP contribution in [0, 0.1) is 0 Å². The van der Waals surface area contributed by atoms with E-state index in [1.54, 1.807) is 62.6 Å². The van der Waals surface area contributed by atoms with Crippen LogP contribution in [0.3, 0.4) is 0 Å². The fourth-order valence-electron chi connectivity index (χ4n) is 3.26.